The Kier molecular flexibility index (Phi) is 9.17. The summed E-state index contributed by atoms with van der Waals surface area (Å²) in [5.41, 5.74) is 5.22. The van der Waals surface area contributed by atoms with E-state index in [4.69, 9.17) is 10.8 Å². The molecule has 0 saturated carbocycles. The van der Waals surface area contributed by atoms with Gasteiger partial charge in [-0.05, 0) is 23.9 Å². The monoisotopic (exact) mass is 209 g/mol. The van der Waals surface area contributed by atoms with Gasteiger partial charge in [0, 0.05) is 6.92 Å². The molecule has 0 aliphatic heterocycles. The number of rotatable bonds is 3. The highest BCUT2D eigenvalue weighted by atomic mass is 35.5. The van der Waals surface area contributed by atoms with Gasteiger partial charge in [0.2, 0.25) is 5.24 Å². The summed E-state index contributed by atoms with van der Waals surface area (Å²) in [6, 6.07) is -0.690. The molecular formula is C8H16ClNO3. The molecule has 4 nitrogen and oxygen atoms in total. The molecule has 1 atom stereocenters. The van der Waals surface area contributed by atoms with Gasteiger partial charge in [-0.2, -0.15) is 0 Å². The quantitative estimate of drug-likeness (QED) is 0.685. The zero-order valence-electron chi connectivity index (χ0n) is 8.08. The van der Waals surface area contributed by atoms with E-state index in [0.717, 1.165) is 0 Å². The number of carbonyl (C=O) groups excluding carboxylic acids is 1. The van der Waals surface area contributed by atoms with Crippen molar-refractivity contribution in [2.24, 2.45) is 11.7 Å². The molecule has 0 radical (unpaired) electrons. The Hall–Kier alpha value is -0.610. The molecule has 0 unspecified atom stereocenters. The minimum absolute atomic E-state index is 0.357. The summed E-state index contributed by atoms with van der Waals surface area (Å²) in [6.45, 7) is 5.19. The summed E-state index contributed by atoms with van der Waals surface area (Å²) in [6.07, 6.45) is 0.551. The van der Waals surface area contributed by atoms with Gasteiger partial charge in [-0.3, -0.25) is 9.59 Å². The van der Waals surface area contributed by atoms with Crippen LogP contribution in [0.5, 0.6) is 0 Å². The minimum atomic E-state index is -0.913. The van der Waals surface area contributed by atoms with Crippen LogP contribution in [-0.4, -0.2) is 22.4 Å². The minimum Gasteiger partial charge on any atom is -0.480 e. The van der Waals surface area contributed by atoms with Crippen LogP contribution in [0, 0.1) is 5.92 Å². The molecule has 0 rings (SSSR count). The van der Waals surface area contributed by atoms with E-state index in [2.05, 4.69) is 11.6 Å². The van der Waals surface area contributed by atoms with Crippen LogP contribution in [0.15, 0.2) is 0 Å². The predicted octanol–water partition coefficient (Wildman–Crippen LogP) is 1.22. The molecule has 3 N–H and O–H groups in total. The van der Waals surface area contributed by atoms with Gasteiger partial charge in [-0.1, -0.05) is 13.8 Å². The van der Waals surface area contributed by atoms with Gasteiger partial charge in [-0.15, -0.1) is 0 Å². The second-order valence-electron chi connectivity index (χ2n) is 3.04. The number of nitrogens with two attached hydrogens (primary N) is 1. The van der Waals surface area contributed by atoms with Crippen molar-refractivity contribution in [3.05, 3.63) is 0 Å². The van der Waals surface area contributed by atoms with Gasteiger partial charge >= 0.3 is 5.97 Å². The van der Waals surface area contributed by atoms with Gasteiger partial charge < -0.3 is 10.8 Å². The van der Waals surface area contributed by atoms with Crippen molar-refractivity contribution in [1.82, 2.24) is 0 Å². The summed E-state index contributed by atoms with van der Waals surface area (Å²) in [5.74, 6) is -0.556. The second kappa shape index (κ2) is 8.01. The van der Waals surface area contributed by atoms with Crippen LogP contribution in [-0.2, 0) is 9.59 Å². The molecule has 0 aromatic rings. The Balaban J connectivity index is 0. The molecule has 0 bridgehead atoms. The van der Waals surface area contributed by atoms with Crippen LogP contribution in [0.4, 0.5) is 0 Å². The average molecular weight is 210 g/mol. The smallest absolute Gasteiger partial charge is 0.320 e. The van der Waals surface area contributed by atoms with Gasteiger partial charge in [0.1, 0.15) is 6.04 Å². The van der Waals surface area contributed by atoms with E-state index in [1.54, 1.807) is 0 Å². The third-order valence-electron chi connectivity index (χ3n) is 1.04. The van der Waals surface area contributed by atoms with Gasteiger partial charge in [-0.25, -0.2) is 0 Å². The van der Waals surface area contributed by atoms with Crippen LogP contribution >= 0.6 is 11.6 Å². The third-order valence-corrected chi connectivity index (χ3v) is 1.04. The van der Waals surface area contributed by atoms with Crippen LogP contribution in [0.3, 0.4) is 0 Å². The molecule has 78 valence electrons. The summed E-state index contributed by atoms with van der Waals surface area (Å²) in [7, 11) is 0. The summed E-state index contributed by atoms with van der Waals surface area (Å²) >= 11 is 4.64. The Bertz CT molecular complexity index is 167. The zero-order chi connectivity index (χ0) is 11.0. The highest BCUT2D eigenvalue weighted by Gasteiger charge is 2.11. The Morgan fingerprint density at radius 2 is 1.77 bits per heavy atom. The topological polar surface area (TPSA) is 80.4 Å². The van der Waals surface area contributed by atoms with Crippen LogP contribution in [0.2, 0.25) is 0 Å². The van der Waals surface area contributed by atoms with Crippen LogP contribution in [0.25, 0.3) is 0 Å². The van der Waals surface area contributed by atoms with E-state index in [9.17, 15) is 9.59 Å². The maximum absolute atomic E-state index is 10.1. The van der Waals surface area contributed by atoms with E-state index in [0.29, 0.717) is 12.3 Å². The standard InChI is InChI=1S/C6H13NO2.C2H3ClO/c1-4(2)3-5(7)6(8)9;1-2(3)4/h4-5H,3,7H2,1-2H3,(H,8,9);1H3/t5-;/m0./s1. The van der Waals surface area contributed by atoms with Gasteiger partial charge in [0.15, 0.2) is 0 Å². The largest absolute Gasteiger partial charge is 0.480 e. The molecule has 0 aliphatic rings. The van der Waals surface area contributed by atoms with Crippen LogP contribution in [0.1, 0.15) is 27.2 Å². The molecule has 0 heterocycles. The molecule has 5 heteroatoms. The highest BCUT2D eigenvalue weighted by Crippen LogP contribution is 2.01. The molecule has 0 aromatic heterocycles. The average Bonchev–Trinajstić information content (AvgIpc) is 1.83. The van der Waals surface area contributed by atoms with Crippen molar-refractivity contribution in [3.8, 4) is 0 Å². The molecule has 0 aromatic carbocycles. The number of halogens is 1. The molecule has 0 saturated heterocycles. The van der Waals surface area contributed by atoms with Crippen molar-refractivity contribution < 1.29 is 14.7 Å². The van der Waals surface area contributed by atoms with E-state index in [1.165, 1.54) is 6.92 Å². The second-order valence-corrected chi connectivity index (χ2v) is 3.58. The summed E-state index contributed by atoms with van der Waals surface area (Å²) < 4.78 is 0. The Morgan fingerprint density at radius 1 is 1.46 bits per heavy atom. The first kappa shape index (κ1) is 14.9. The molecule has 13 heavy (non-hydrogen) atoms. The first-order chi connectivity index (χ1) is 5.77. The van der Waals surface area contributed by atoms with Crippen molar-refractivity contribution in [2.75, 3.05) is 0 Å². The molecule has 0 spiro atoms. The predicted molar refractivity (Wildman–Crippen MR) is 51.6 cm³/mol. The lowest BCUT2D eigenvalue weighted by atomic mass is 10.1. The summed E-state index contributed by atoms with van der Waals surface area (Å²) in [4.78, 5) is 19.3. The molecular weight excluding hydrogens is 194 g/mol. The third kappa shape index (κ3) is 18.4. The normalized spacial score (nSPS) is 11.5. The number of carboxylic acids is 1. The summed E-state index contributed by atoms with van der Waals surface area (Å²) in [5, 5.41) is 7.94. The van der Waals surface area contributed by atoms with Gasteiger partial charge in [0.25, 0.3) is 0 Å². The SMILES string of the molecule is CC(=O)Cl.CC(C)C[C@H](N)C(=O)O. The fraction of sp³-hybridized carbons (Fsp3) is 0.750. The molecule has 0 aliphatic carbocycles. The fourth-order valence-corrected chi connectivity index (χ4v) is 0.609. The molecule has 0 amide bonds. The number of carboxylic acid groups (broad SMARTS) is 1. The number of hydrogen-bond acceptors (Lipinski definition) is 3. The van der Waals surface area contributed by atoms with Crippen molar-refractivity contribution in [1.29, 1.82) is 0 Å². The highest BCUT2D eigenvalue weighted by molar-refractivity contribution is 6.62. The maximum atomic E-state index is 10.1. The lowest BCUT2D eigenvalue weighted by Crippen LogP contribution is -2.31. The lowest BCUT2D eigenvalue weighted by molar-refractivity contribution is -0.138. The van der Waals surface area contributed by atoms with Crippen molar-refractivity contribution >= 4 is 22.8 Å². The fourth-order valence-electron chi connectivity index (χ4n) is 0.609. The zero-order valence-corrected chi connectivity index (χ0v) is 8.84. The first-order valence-corrected chi connectivity index (χ1v) is 4.29. The first-order valence-electron chi connectivity index (χ1n) is 3.91. The van der Waals surface area contributed by atoms with Gasteiger partial charge in [0.05, 0.1) is 0 Å². The van der Waals surface area contributed by atoms with Crippen LogP contribution < -0.4 is 5.73 Å². The van der Waals surface area contributed by atoms with E-state index in [1.807, 2.05) is 13.8 Å². The molecule has 0 fully saturated rings. The van der Waals surface area contributed by atoms with E-state index in [-0.39, 0.29) is 5.24 Å². The maximum Gasteiger partial charge on any atom is 0.320 e. The van der Waals surface area contributed by atoms with Crippen molar-refractivity contribution in [3.63, 3.8) is 0 Å². The number of hydrogen-bond donors (Lipinski definition) is 2. The van der Waals surface area contributed by atoms with Crippen molar-refractivity contribution in [2.45, 2.75) is 33.2 Å². The Labute approximate surface area is 83.1 Å². The lowest BCUT2D eigenvalue weighted by Gasteiger charge is -2.07. The number of carbonyl (C=O) groups is 2. The van der Waals surface area contributed by atoms with E-state index < -0.39 is 12.0 Å². The van der Waals surface area contributed by atoms with E-state index >= 15 is 0 Å². The number of aliphatic carboxylic acids is 1. The Morgan fingerprint density at radius 3 is 1.85 bits per heavy atom.